The molecule has 0 aliphatic carbocycles. The van der Waals surface area contributed by atoms with Crippen molar-refractivity contribution in [3.8, 4) is 0 Å². The monoisotopic (exact) mass is 530 g/mol. The van der Waals surface area contributed by atoms with Gasteiger partial charge in [0.25, 0.3) is 5.69 Å². The fraction of sp³-hybridized carbons (Fsp3) is 0.0333. The summed E-state index contributed by atoms with van der Waals surface area (Å²) in [7, 11) is 0. The molecule has 0 fully saturated rings. The van der Waals surface area contributed by atoms with Crippen LogP contribution in [0.1, 0.15) is 28.2 Å². The van der Waals surface area contributed by atoms with Crippen molar-refractivity contribution in [2.75, 3.05) is 5.43 Å². The first kappa shape index (κ1) is 24.6. The number of para-hydroxylation sites is 2. The van der Waals surface area contributed by atoms with Crippen LogP contribution in [-0.2, 0) is 0 Å². The molecule has 0 aliphatic rings. The topological polar surface area (TPSA) is 142 Å². The van der Waals surface area contributed by atoms with Crippen molar-refractivity contribution in [2.24, 2.45) is 5.10 Å². The van der Waals surface area contributed by atoms with Crippen molar-refractivity contribution in [3.63, 3.8) is 0 Å². The molecular formula is C30H22N6O4. The lowest BCUT2D eigenvalue weighted by molar-refractivity contribution is -0.393. The fourth-order valence-corrected chi connectivity index (χ4v) is 5.02. The molecule has 4 aromatic carbocycles. The van der Waals surface area contributed by atoms with Gasteiger partial charge in [-0.05, 0) is 40.5 Å². The molecule has 196 valence electrons. The molecule has 0 unspecified atom stereocenters. The number of benzene rings is 4. The van der Waals surface area contributed by atoms with Gasteiger partial charge in [-0.3, -0.25) is 25.7 Å². The number of anilines is 1. The summed E-state index contributed by atoms with van der Waals surface area (Å²) < 4.78 is 0. The van der Waals surface area contributed by atoms with E-state index < -0.39 is 15.5 Å². The Morgan fingerprint density at radius 2 is 1.35 bits per heavy atom. The predicted molar refractivity (Wildman–Crippen MR) is 155 cm³/mol. The Morgan fingerprint density at radius 3 is 1.93 bits per heavy atom. The van der Waals surface area contributed by atoms with E-state index in [0.29, 0.717) is 0 Å². The smallest absolute Gasteiger partial charge is 0.301 e. The van der Waals surface area contributed by atoms with Crippen molar-refractivity contribution in [1.29, 1.82) is 0 Å². The summed E-state index contributed by atoms with van der Waals surface area (Å²) in [6.07, 6.45) is 5.67. The zero-order valence-electron chi connectivity index (χ0n) is 20.9. The average molecular weight is 531 g/mol. The molecule has 10 nitrogen and oxygen atoms in total. The minimum Gasteiger partial charge on any atom is -0.361 e. The minimum absolute atomic E-state index is 0.0424. The largest absolute Gasteiger partial charge is 0.361 e. The molecule has 0 bridgehead atoms. The highest BCUT2D eigenvalue weighted by Gasteiger charge is 2.23. The summed E-state index contributed by atoms with van der Waals surface area (Å²) in [4.78, 5) is 27.8. The highest BCUT2D eigenvalue weighted by Crippen LogP contribution is 2.39. The number of hydrazone groups is 1. The average Bonchev–Trinajstić information content (AvgIpc) is 3.59. The predicted octanol–water partition coefficient (Wildman–Crippen LogP) is 7.09. The Bertz CT molecular complexity index is 1830. The highest BCUT2D eigenvalue weighted by atomic mass is 16.6. The first-order valence-electron chi connectivity index (χ1n) is 12.4. The second kappa shape index (κ2) is 10.2. The van der Waals surface area contributed by atoms with Crippen LogP contribution in [0.4, 0.5) is 17.1 Å². The summed E-state index contributed by atoms with van der Waals surface area (Å²) in [6.45, 7) is 0. The van der Waals surface area contributed by atoms with E-state index in [0.717, 1.165) is 50.1 Å². The summed E-state index contributed by atoms with van der Waals surface area (Å²) in [5.74, 6) is -0.0424. The van der Waals surface area contributed by atoms with Gasteiger partial charge in [-0.2, -0.15) is 5.10 Å². The number of non-ortho nitro benzene ring substituents is 1. The Labute approximate surface area is 227 Å². The molecule has 6 rings (SSSR count). The second-order valence-electron chi connectivity index (χ2n) is 9.26. The van der Waals surface area contributed by atoms with E-state index in [2.05, 4.69) is 57.2 Å². The van der Waals surface area contributed by atoms with Gasteiger partial charge in [-0.1, -0.05) is 60.7 Å². The van der Waals surface area contributed by atoms with Crippen molar-refractivity contribution < 1.29 is 9.85 Å². The minimum atomic E-state index is -0.685. The number of rotatable bonds is 8. The summed E-state index contributed by atoms with van der Waals surface area (Å²) in [5, 5.41) is 28.8. The van der Waals surface area contributed by atoms with Crippen LogP contribution in [0.2, 0.25) is 0 Å². The molecule has 0 spiro atoms. The third kappa shape index (κ3) is 4.54. The first-order chi connectivity index (χ1) is 19.5. The van der Waals surface area contributed by atoms with Crippen LogP contribution in [0.25, 0.3) is 21.8 Å². The second-order valence-corrected chi connectivity index (χ2v) is 9.26. The Hall–Kier alpha value is -5.77. The Balaban J connectivity index is 1.32. The number of nitro benzene ring substituents is 2. The van der Waals surface area contributed by atoms with Crippen LogP contribution in [-0.4, -0.2) is 26.0 Å². The Kier molecular flexibility index (Phi) is 6.25. The third-order valence-electron chi connectivity index (χ3n) is 6.92. The maximum absolute atomic E-state index is 11.4. The maximum Gasteiger partial charge on any atom is 0.301 e. The lowest BCUT2D eigenvalue weighted by Crippen LogP contribution is -2.03. The van der Waals surface area contributed by atoms with Gasteiger partial charge in [0.15, 0.2) is 0 Å². The SMILES string of the molecule is O=[N+]([O-])c1ccc(N/N=C/c2ccc(C(c3c[nH]c4ccccc34)c3c[nH]c4ccccc34)cc2)c([N+](=O)[O-])c1. The van der Waals surface area contributed by atoms with E-state index in [9.17, 15) is 20.2 Å². The molecule has 0 saturated heterocycles. The van der Waals surface area contributed by atoms with E-state index in [-0.39, 0.29) is 17.3 Å². The van der Waals surface area contributed by atoms with Crippen LogP contribution in [0, 0.1) is 20.2 Å². The molecular weight excluding hydrogens is 508 g/mol. The number of nitrogens with zero attached hydrogens (tertiary/aromatic N) is 3. The fourth-order valence-electron chi connectivity index (χ4n) is 5.02. The van der Waals surface area contributed by atoms with Crippen LogP contribution < -0.4 is 5.43 Å². The number of hydrogen-bond acceptors (Lipinski definition) is 6. The molecule has 40 heavy (non-hydrogen) atoms. The molecule has 0 aliphatic heterocycles. The van der Waals surface area contributed by atoms with E-state index in [4.69, 9.17) is 0 Å². The first-order valence-corrected chi connectivity index (χ1v) is 12.4. The van der Waals surface area contributed by atoms with Crippen molar-refractivity contribution in [1.82, 2.24) is 9.97 Å². The normalized spacial score (nSPS) is 11.5. The third-order valence-corrected chi connectivity index (χ3v) is 6.92. The Morgan fingerprint density at radius 1 is 0.750 bits per heavy atom. The van der Waals surface area contributed by atoms with Gasteiger partial charge >= 0.3 is 5.69 Å². The van der Waals surface area contributed by atoms with E-state index >= 15 is 0 Å². The zero-order chi connectivity index (χ0) is 27.6. The van der Waals surface area contributed by atoms with Gasteiger partial charge in [0, 0.05) is 46.2 Å². The van der Waals surface area contributed by atoms with Crippen molar-refractivity contribution in [2.45, 2.75) is 5.92 Å². The van der Waals surface area contributed by atoms with Gasteiger partial charge in [0.05, 0.1) is 22.1 Å². The summed E-state index contributed by atoms with van der Waals surface area (Å²) in [6, 6.07) is 27.8. The number of aromatic nitrogens is 2. The van der Waals surface area contributed by atoms with Crippen LogP contribution in [0.3, 0.4) is 0 Å². The van der Waals surface area contributed by atoms with E-state index in [1.807, 2.05) is 48.5 Å². The zero-order valence-corrected chi connectivity index (χ0v) is 20.9. The van der Waals surface area contributed by atoms with E-state index in [1.54, 1.807) is 6.21 Å². The van der Waals surface area contributed by atoms with Gasteiger partial charge in [-0.15, -0.1) is 0 Å². The maximum atomic E-state index is 11.4. The van der Waals surface area contributed by atoms with Crippen molar-refractivity contribution in [3.05, 3.63) is 146 Å². The van der Waals surface area contributed by atoms with Gasteiger partial charge < -0.3 is 9.97 Å². The lowest BCUT2D eigenvalue weighted by Gasteiger charge is -2.17. The number of aromatic amines is 2. The number of fused-ring (bicyclic) bond motifs is 2. The number of nitrogens with one attached hydrogen (secondary N) is 3. The van der Waals surface area contributed by atoms with Gasteiger partial charge in [0.1, 0.15) is 5.69 Å². The molecule has 3 N–H and O–H groups in total. The number of H-pyrrole nitrogens is 2. The van der Waals surface area contributed by atoms with Crippen LogP contribution in [0.15, 0.2) is 108 Å². The molecule has 10 heteroatoms. The lowest BCUT2D eigenvalue weighted by atomic mass is 9.84. The molecule has 2 heterocycles. The highest BCUT2D eigenvalue weighted by molar-refractivity contribution is 5.89. The molecule has 0 amide bonds. The van der Waals surface area contributed by atoms with Gasteiger partial charge in [-0.25, -0.2) is 0 Å². The number of nitro groups is 2. The van der Waals surface area contributed by atoms with Crippen LogP contribution in [0.5, 0.6) is 0 Å². The molecule has 0 atom stereocenters. The molecule has 2 aromatic heterocycles. The molecule has 0 saturated carbocycles. The number of hydrogen-bond donors (Lipinski definition) is 3. The van der Waals surface area contributed by atoms with Crippen LogP contribution >= 0.6 is 0 Å². The molecule has 0 radical (unpaired) electrons. The van der Waals surface area contributed by atoms with Gasteiger partial charge in [0.2, 0.25) is 0 Å². The summed E-state index contributed by atoms with van der Waals surface area (Å²) in [5.41, 5.74) is 8.21. The van der Waals surface area contributed by atoms with Crippen molar-refractivity contribution >= 4 is 45.1 Å². The quantitative estimate of drug-likeness (QED) is 0.109. The molecule has 6 aromatic rings. The standard InChI is InChI=1S/C30H22N6O4/c37-35(38)21-13-14-28(29(15-21)36(39)40)34-33-16-19-9-11-20(12-10-19)30(24-17-31-26-7-3-1-5-22(24)26)25-18-32-27-8-4-2-6-23(25)27/h1-18,30-32,34H/b33-16+. The summed E-state index contributed by atoms with van der Waals surface area (Å²) >= 11 is 0. The van der Waals surface area contributed by atoms with E-state index in [1.165, 1.54) is 12.1 Å².